The number of aromatic nitrogens is 1. The molecule has 8 heteroatoms. The number of nitro benzene ring substituents is 1. The molecule has 2 heterocycles. The van der Waals surface area contributed by atoms with Crippen LogP contribution in [0.1, 0.15) is 29.3 Å². The molecule has 1 aliphatic rings. The Balaban J connectivity index is 1.96. The number of benzene rings is 1. The van der Waals surface area contributed by atoms with E-state index in [0.717, 1.165) is 5.01 Å². The molecule has 1 aromatic carbocycles. The molecule has 0 saturated carbocycles. The van der Waals surface area contributed by atoms with Crippen LogP contribution in [0.3, 0.4) is 0 Å². The maximum absolute atomic E-state index is 12.7. The number of rotatable bonds is 3. The van der Waals surface area contributed by atoms with E-state index in [0.29, 0.717) is 11.3 Å². The van der Waals surface area contributed by atoms with E-state index in [1.54, 1.807) is 25.3 Å². The fourth-order valence-electron chi connectivity index (χ4n) is 2.61. The van der Waals surface area contributed by atoms with E-state index in [1.165, 1.54) is 30.5 Å². The zero-order valence-electron chi connectivity index (χ0n) is 12.8. The van der Waals surface area contributed by atoms with E-state index >= 15 is 0 Å². The summed E-state index contributed by atoms with van der Waals surface area (Å²) in [4.78, 5) is 26.9. The average molecular weight is 326 g/mol. The predicted molar refractivity (Wildman–Crippen MR) is 85.1 cm³/mol. The first kappa shape index (κ1) is 15.8. The van der Waals surface area contributed by atoms with Crippen LogP contribution in [0.15, 0.2) is 53.9 Å². The van der Waals surface area contributed by atoms with Crippen LogP contribution >= 0.6 is 0 Å². The normalized spacial score (nSPS) is 19.9. The van der Waals surface area contributed by atoms with Crippen molar-refractivity contribution in [1.29, 1.82) is 0 Å². The molecule has 1 N–H and O–H groups in total. The van der Waals surface area contributed by atoms with E-state index in [1.807, 2.05) is 0 Å². The number of nitrogens with zero attached hydrogens (tertiary/aromatic N) is 4. The molecule has 1 aromatic heterocycles. The lowest BCUT2D eigenvalue weighted by Crippen LogP contribution is -2.43. The van der Waals surface area contributed by atoms with Crippen molar-refractivity contribution in [2.24, 2.45) is 5.10 Å². The average Bonchev–Trinajstić information content (AvgIpc) is 2.91. The lowest BCUT2D eigenvalue weighted by Gasteiger charge is -2.31. The quantitative estimate of drug-likeness (QED) is 0.686. The summed E-state index contributed by atoms with van der Waals surface area (Å²) in [6.07, 6.45) is 3.21. The van der Waals surface area contributed by atoms with Crippen LogP contribution in [0, 0.1) is 10.1 Å². The monoisotopic (exact) mass is 326 g/mol. The lowest BCUT2D eigenvalue weighted by molar-refractivity contribution is -0.384. The minimum atomic E-state index is -1.63. The van der Waals surface area contributed by atoms with Crippen molar-refractivity contribution in [3.8, 4) is 0 Å². The Morgan fingerprint density at radius 2 is 2.04 bits per heavy atom. The van der Waals surface area contributed by atoms with Crippen LogP contribution in [0.2, 0.25) is 0 Å². The molecule has 0 radical (unpaired) electrons. The topological polar surface area (TPSA) is 109 Å². The summed E-state index contributed by atoms with van der Waals surface area (Å²) in [5, 5.41) is 26.9. The highest BCUT2D eigenvalue weighted by atomic mass is 16.6. The largest absolute Gasteiger partial charge is 0.365 e. The van der Waals surface area contributed by atoms with Crippen molar-refractivity contribution < 1.29 is 14.8 Å². The van der Waals surface area contributed by atoms with Gasteiger partial charge in [0.05, 0.1) is 4.92 Å². The van der Waals surface area contributed by atoms with Crippen molar-refractivity contribution in [2.75, 3.05) is 0 Å². The Kier molecular flexibility index (Phi) is 3.82. The van der Waals surface area contributed by atoms with Crippen LogP contribution < -0.4 is 0 Å². The number of aliphatic hydroxyl groups is 1. The smallest absolute Gasteiger partial charge is 0.276 e. The molecule has 1 aliphatic heterocycles. The molecule has 24 heavy (non-hydrogen) atoms. The van der Waals surface area contributed by atoms with Crippen molar-refractivity contribution in [3.05, 3.63) is 70.0 Å². The van der Waals surface area contributed by atoms with Gasteiger partial charge >= 0.3 is 0 Å². The molecular weight excluding hydrogens is 312 g/mol. The highest BCUT2D eigenvalue weighted by molar-refractivity contribution is 5.98. The van der Waals surface area contributed by atoms with Gasteiger partial charge in [0.2, 0.25) is 0 Å². The molecule has 8 nitrogen and oxygen atoms in total. The fourth-order valence-corrected chi connectivity index (χ4v) is 2.61. The molecular formula is C16H14N4O4. The van der Waals surface area contributed by atoms with Crippen LogP contribution in [0.5, 0.6) is 0 Å². The summed E-state index contributed by atoms with van der Waals surface area (Å²) in [6, 6.07) is 8.49. The standard InChI is InChI=1S/C16H14N4O4/c1-11-9-16(22,13-3-2-8-17-10-13)19(18-11)15(21)12-4-6-14(7-5-12)20(23)24/h2-8,10,22H,9H2,1H3/t16-/m1/s1. The van der Waals surface area contributed by atoms with Gasteiger partial charge in [-0.3, -0.25) is 19.9 Å². The molecule has 0 spiro atoms. The second kappa shape index (κ2) is 5.82. The van der Waals surface area contributed by atoms with Gasteiger partial charge in [0.1, 0.15) is 0 Å². The molecule has 1 amide bonds. The van der Waals surface area contributed by atoms with Crippen molar-refractivity contribution >= 4 is 17.3 Å². The third kappa shape index (κ3) is 2.63. The number of hydrogen-bond acceptors (Lipinski definition) is 6. The van der Waals surface area contributed by atoms with Crippen molar-refractivity contribution in [2.45, 2.75) is 19.1 Å². The summed E-state index contributed by atoms with van der Waals surface area (Å²) in [7, 11) is 0. The summed E-state index contributed by atoms with van der Waals surface area (Å²) in [6.45, 7) is 1.71. The molecule has 0 aliphatic carbocycles. The van der Waals surface area contributed by atoms with Gasteiger partial charge in [-0.05, 0) is 25.1 Å². The molecule has 0 saturated heterocycles. The second-order valence-corrected chi connectivity index (χ2v) is 5.49. The Hall–Kier alpha value is -3.13. The minimum absolute atomic E-state index is 0.116. The Labute approximate surface area is 137 Å². The Bertz CT molecular complexity index is 820. The summed E-state index contributed by atoms with van der Waals surface area (Å²) < 4.78 is 0. The number of hydrogen-bond donors (Lipinski definition) is 1. The second-order valence-electron chi connectivity index (χ2n) is 5.49. The number of hydrazone groups is 1. The SMILES string of the molecule is CC1=NN(C(=O)c2ccc([N+](=O)[O-])cc2)[C@](O)(c2cccnc2)C1. The molecule has 0 bridgehead atoms. The molecule has 3 rings (SSSR count). The van der Waals surface area contributed by atoms with Crippen LogP contribution in [-0.2, 0) is 5.72 Å². The van der Waals surface area contributed by atoms with Gasteiger partial charge in [0, 0.05) is 47.8 Å². The maximum Gasteiger partial charge on any atom is 0.276 e. The number of carbonyl (C=O) groups is 1. The van der Waals surface area contributed by atoms with Crippen molar-refractivity contribution in [1.82, 2.24) is 9.99 Å². The van der Waals surface area contributed by atoms with E-state index in [9.17, 15) is 20.0 Å². The molecule has 2 aromatic rings. The van der Waals surface area contributed by atoms with Gasteiger partial charge in [-0.25, -0.2) is 0 Å². The van der Waals surface area contributed by atoms with Crippen LogP contribution in [-0.4, -0.2) is 31.6 Å². The fraction of sp³-hybridized carbons (Fsp3) is 0.188. The summed E-state index contributed by atoms with van der Waals surface area (Å²) >= 11 is 0. The number of nitro groups is 1. The molecule has 1 atom stereocenters. The third-order valence-electron chi connectivity index (χ3n) is 3.76. The van der Waals surface area contributed by atoms with Gasteiger partial charge in [-0.15, -0.1) is 0 Å². The van der Waals surface area contributed by atoms with Gasteiger partial charge in [-0.1, -0.05) is 6.07 Å². The summed E-state index contributed by atoms with van der Waals surface area (Å²) in [5.74, 6) is -0.548. The molecule has 122 valence electrons. The minimum Gasteiger partial charge on any atom is -0.365 e. The van der Waals surface area contributed by atoms with Gasteiger partial charge < -0.3 is 5.11 Å². The van der Waals surface area contributed by atoms with E-state index in [4.69, 9.17) is 0 Å². The first-order valence-electron chi connectivity index (χ1n) is 7.18. The number of carbonyl (C=O) groups excluding carboxylic acids is 1. The zero-order valence-corrected chi connectivity index (χ0v) is 12.8. The summed E-state index contributed by atoms with van der Waals surface area (Å²) in [5.41, 5.74) is -0.508. The van der Waals surface area contributed by atoms with E-state index in [-0.39, 0.29) is 17.7 Å². The number of pyridine rings is 1. The van der Waals surface area contributed by atoms with E-state index in [2.05, 4.69) is 10.1 Å². The highest BCUT2D eigenvalue weighted by Crippen LogP contribution is 2.36. The van der Waals surface area contributed by atoms with Crippen LogP contribution in [0.4, 0.5) is 5.69 Å². The first-order chi connectivity index (χ1) is 11.4. The molecule has 0 fully saturated rings. The third-order valence-corrected chi connectivity index (χ3v) is 3.76. The Morgan fingerprint density at radius 1 is 1.33 bits per heavy atom. The maximum atomic E-state index is 12.7. The number of non-ortho nitro benzene ring substituents is 1. The first-order valence-corrected chi connectivity index (χ1v) is 7.18. The Morgan fingerprint density at radius 3 is 2.62 bits per heavy atom. The van der Waals surface area contributed by atoms with Gasteiger partial charge in [0.15, 0.2) is 5.72 Å². The zero-order chi connectivity index (χ0) is 17.3. The predicted octanol–water partition coefficient (Wildman–Crippen LogP) is 2.06. The van der Waals surface area contributed by atoms with Crippen molar-refractivity contribution in [3.63, 3.8) is 0 Å². The van der Waals surface area contributed by atoms with Crippen LogP contribution in [0.25, 0.3) is 0 Å². The lowest BCUT2D eigenvalue weighted by atomic mass is 9.99. The van der Waals surface area contributed by atoms with Gasteiger partial charge in [0.25, 0.3) is 11.6 Å². The van der Waals surface area contributed by atoms with E-state index < -0.39 is 16.6 Å². The number of amides is 1. The van der Waals surface area contributed by atoms with Gasteiger partial charge in [-0.2, -0.15) is 10.1 Å². The highest BCUT2D eigenvalue weighted by Gasteiger charge is 2.45. The molecule has 0 unspecified atom stereocenters.